The van der Waals surface area contributed by atoms with Crippen molar-refractivity contribution >= 4 is 11.8 Å². The first-order chi connectivity index (χ1) is 12.0. The highest BCUT2D eigenvalue weighted by Crippen LogP contribution is 2.26. The van der Waals surface area contributed by atoms with Crippen molar-refractivity contribution in [3.63, 3.8) is 0 Å². The molecule has 1 aromatic carbocycles. The smallest absolute Gasteiger partial charge is 0.289 e. The summed E-state index contributed by atoms with van der Waals surface area (Å²) in [6, 6.07) is 11.5. The maximum Gasteiger partial charge on any atom is 0.289 e. The van der Waals surface area contributed by atoms with Crippen LogP contribution in [-0.4, -0.2) is 42.5 Å². The van der Waals surface area contributed by atoms with Gasteiger partial charge in [0.2, 0.25) is 5.91 Å². The zero-order chi connectivity index (χ0) is 18.0. The van der Waals surface area contributed by atoms with Crippen LogP contribution in [0.25, 0.3) is 11.3 Å². The van der Waals surface area contributed by atoms with Gasteiger partial charge in [0.1, 0.15) is 5.76 Å². The highest BCUT2D eigenvalue weighted by atomic mass is 16.5. The van der Waals surface area contributed by atoms with E-state index in [-0.39, 0.29) is 24.8 Å². The third-order valence-electron chi connectivity index (χ3n) is 4.33. The van der Waals surface area contributed by atoms with Crippen molar-refractivity contribution in [3.05, 3.63) is 47.7 Å². The predicted molar refractivity (Wildman–Crippen MR) is 93.1 cm³/mol. The van der Waals surface area contributed by atoms with Gasteiger partial charge in [-0.15, -0.1) is 0 Å². The fraction of sp³-hybridized carbons (Fsp3) is 0.368. The molecule has 6 heteroatoms. The second-order valence-corrected chi connectivity index (χ2v) is 6.46. The second kappa shape index (κ2) is 7.11. The minimum absolute atomic E-state index is 0.146. The minimum atomic E-state index is -0.769. The van der Waals surface area contributed by atoms with E-state index >= 15 is 0 Å². The molecule has 0 bridgehead atoms. The highest BCUT2D eigenvalue weighted by Gasteiger charge is 2.29. The van der Waals surface area contributed by atoms with Gasteiger partial charge in [-0.2, -0.15) is 0 Å². The number of hydrogen-bond acceptors (Lipinski definition) is 4. The molecule has 0 unspecified atom stereocenters. The van der Waals surface area contributed by atoms with Gasteiger partial charge < -0.3 is 19.8 Å². The number of carbonyl (C=O) groups excluding carboxylic acids is 2. The van der Waals surface area contributed by atoms with Crippen molar-refractivity contribution in [3.8, 4) is 11.3 Å². The highest BCUT2D eigenvalue weighted by molar-refractivity contribution is 5.92. The number of primary amides is 1. The minimum Gasteiger partial charge on any atom is -0.451 e. The van der Waals surface area contributed by atoms with Crippen LogP contribution >= 0.6 is 0 Å². The standard InChI is InChI=1S/C19H22N2O4/c1-12(2)13-4-3-5-14(10-13)15-6-7-16(25-15)19(23)21-8-9-24-17(11-21)18(20)22/h3-7,10,12,17H,8-9,11H2,1-2H3,(H2,20,22)/t17-/m1/s1. The van der Waals surface area contributed by atoms with Crippen molar-refractivity contribution < 1.29 is 18.7 Å². The maximum absolute atomic E-state index is 12.6. The number of ether oxygens (including phenoxy) is 1. The van der Waals surface area contributed by atoms with Crippen LogP contribution in [-0.2, 0) is 9.53 Å². The SMILES string of the molecule is CC(C)c1cccc(-c2ccc(C(=O)N3CCO[C@@H](C(N)=O)C3)o2)c1. The van der Waals surface area contributed by atoms with Gasteiger partial charge in [-0.05, 0) is 29.7 Å². The molecule has 1 atom stereocenters. The van der Waals surface area contributed by atoms with Crippen LogP contribution < -0.4 is 5.73 Å². The van der Waals surface area contributed by atoms with Gasteiger partial charge in [0.05, 0.1) is 13.2 Å². The van der Waals surface area contributed by atoms with Gasteiger partial charge in [-0.1, -0.05) is 32.0 Å². The molecule has 0 spiro atoms. The number of morpholine rings is 1. The van der Waals surface area contributed by atoms with Gasteiger partial charge in [-0.3, -0.25) is 9.59 Å². The van der Waals surface area contributed by atoms with Crippen LogP contribution in [0.5, 0.6) is 0 Å². The summed E-state index contributed by atoms with van der Waals surface area (Å²) in [6.07, 6.45) is -0.769. The number of rotatable bonds is 4. The topological polar surface area (TPSA) is 85.8 Å². The number of nitrogens with two attached hydrogens (primary N) is 1. The van der Waals surface area contributed by atoms with Crippen molar-refractivity contribution in [1.82, 2.24) is 4.90 Å². The Morgan fingerprint density at radius 1 is 1.24 bits per heavy atom. The summed E-state index contributed by atoms with van der Waals surface area (Å²) in [5.41, 5.74) is 7.40. The van der Waals surface area contributed by atoms with Crippen molar-refractivity contribution in [2.24, 2.45) is 5.73 Å². The summed E-state index contributed by atoms with van der Waals surface area (Å²) in [5.74, 6) is 0.472. The monoisotopic (exact) mass is 342 g/mol. The number of carbonyl (C=O) groups is 2. The Hall–Kier alpha value is -2.60. The average molecular weight is 342 g/mol. The van der Waals surface area contributed by atoms with Crippen LogP contribution in [0.3, 0.4) is 0 Å². The molecule has 132 valence electrons. The van der Waals surface area contributed by atoms with Crippen molar-refractivity contribution in [1.29, 1.82) is 0 Å². The Morgan fingerprint density at radius 2 is 2.04 bits per heavy atom. The maximum atomic E-state index is 12.6. The van der Waals surface area contributed by atoms with Crippen LogP contribution in [0.4, 0.5) is 0 Å². The van der Waals surface area contributed by atoms with Gasteiger partial charge in [0, 0.05) is 12.1 Å². The first-order valence-electron chi connectivity index (χ1n) is 8.36. The summed E-state index contributed by atoms with van der Waals surface area (Å²) in [4.78, 5) is 25.4. The Morgan fingerprint density at radius 3 is 2.76 bits per heavy atom. The fourth-order valence-corrected chi connectivity index (χ4v) is 2.82. The molecule has 2 N–H and O–H groups in total. The van der Waals surface area contributed by atoms with Crippen molar-refractivity contribution in [2.75, 3.05) is 19.7 Å². The van der Waals surface area contributed by atoms with E-state index in [9.17, 15) is 9.59 Å². The lowest BCUT2D eigenvalue weighted by atomic mass is 10.0. The lowest BCUT2D eigenvalue weighted by molar-refractivity contribution is -0.133. The Kier molecular flexibility index (Phi) is 4.90. The molecule has 25 heavy (non-hydrogen) atoms. The zero-order valence-electron chi connectivity index (χ0n) is 14.4. The third kappa shape index (κ3) is 3.74. The quantitative estimate of drug-likeness (QED) is 0.924. The molecule has 0 saturated carbocycles. The number of nitrogens with zero attached hydrogens (tertiary/aromatic N) is 1. The molecule has 1 fully saturated rings. The number of hydrogen-bond donors (Lipinski definition) is 1. The fourth-order valence-electron chi connectivity index (χ4n) is 2.82. The predicted octanol–water partition coefficient (Wildman–Crippen LogP) is 2.40. The normalized spacial score (nSPS) is 17.7. The van der Waals surface area contributed by atoms with Gasteiger partial charge in [-0.25, -0.2) is 0 Å². The molecule has 2 aromatic rings. The first kappa shape index (κ1) is 17.2. The average Bonchev–Trinajstić information content (AvgIpc) is 3.11. The zero-order valence-corrected chi connectivity index (χ0v) is 14.4. The largest absolute Gasteiger partial charge is 0.451 e. The molecular weight excluding hydrogens is 320 g/mol. The third-order valence-corrected chi connectivity index (χ3v) is 4.33. The summed E-state index contributed by atoms with van der Waals surface area (Å²) in [6.45, 7) is 5.09. The lowest BCUT2D eigenvalue weighted by Crippen LogP contribution is -2.50. The molecular formula is C19H22N2O4. The van der Waals surface area contributed by atoms with E-state index in [0.29, 0.717) is 18.2 Å². The molecule has 1 aromatic heterocycles. The second-order valence-electron chi connectivity index (χ2n) is 6.46. The summed E-state index contributed by atoms with van der Waals surface area (Å²) >= 11 is 0. The van der Waals surface area contributed by atoms with Crippen LogP contribution in [0.2, 0.25) is 0 Å². The van der Waals surface area contributed by atoms with E-state index in [2.05, 4.69) is 26.0 Å². The Bertz CT molecular complexity index is 781. The molecule has 2 heterocycles. The summed E-state index contributed by atoms with van der Waals surface area (Å²) in [7, 11) is 0. The van der Waals surface area contributed by atoms with E-state index in [4.69, 9.17) is 14.9 Å². The van der Waals surface area contributed by atoms with Gasteiger partial charge >= 0.3 is 0 Å². The van der Waals surface area contributed by atoms with Gasteiger partial charge in [0.15, 0.2) is 11.9 Å². The molecule has 1 saturated heterocycles. The van der Waals surface area contributed by atoms with E-state index in [0.717, 1.165) is 5.56 Å². The van der Waals surface area contributed by atoms with Crippen LogP contribution in [0.1, 0.15) is 35.9 Å². The number of benzene rings is 1. The molecule has 3 rings (SSSR count). The van der Waals surface area contributed by atoms with Crippen molar-refractivity contribution in [2.45, 2.75) is 25.9 Å². The van der Waals surface area contributed by atoms with Gasteiger partial charge in [0.25, 0.3) is 5.91 Å². The van der Waals surface area contributed by atoms with Crippen LogP contribution in [0.15, 0.2) is 40.8 Å². The van der Waals surface area contributed by atoms with E-state index in [1.165, 1.54) is 10.5 Å². The Balaban J connectivity index is 1.78. The number of furan rings is 1. The van der Waals surface area contributed by atoms with Crippen LogP contribution in [0, 0.1) is 0 Å². The molecule has 0 aliphatic carbocycles. The molecule has 1 aliphatic rings. The summed E-state index contributed by atoms with van der Waals surface area (Å²) < 4.78 is 11.0. The van der Waals surface area contributed by atoms with E-state index in [1.54, 1.807) is 12.1 Å². The first-order valence-corrected chi connectivity index (χ1v) is 8.36. The Labute approximate surface area is 146 Å². The molecule has 1 aliphatic heterocycles. The number of amides is 2. The summed E-state index contributed by atoms with van der Waals surface area (Å²) in [5, 5.41) is 0. The molecule has 2 amide bonds. The molecule has 6 nitrogen and oxygen atoms in total. The lowest BCUT2D eigenvalue weighted by Gasteiger charge is -2.30. The van der Waals surface area contributed by atoms with E-state index < -0.39 is 12.0 Å². The molecule has 0 radical (unpaired) electrons. The van der Waals surface area contributed by atoms with E-state index in [1.807, 2.05) is 12.1 Å².